The third kappa shape index (κ3) is 1.70. The maximum absolute atomic E-state index is 5.50. The third-order valence-electron chi connectivity index (χ3n) is 1.68. The normalized spacial score (nSPS) is 24.2. The SMILES string of the molecule is Nc1nnc(C2CSCCN2)s1. The lowest BCUT2D eigenvalue weighted by molar-refractivity contribution is 0.587. The van der Waals surface area contributed by atoms with Gasteiger partial charge in [0, 0.05) is 18.1 Å². The van der Waals surface area contributed by atoms with E-state index < -0.39 is 0 Å². The van der Waals surface area contributed by atoms with Crippen LogP contribution in [0.1, 0.15) is 11.0 Å². The summed E-state index contributed by atoms with van der Waals surface area (Å²) < 4.78 is 0. The molecule has 1 aliphatic heterocycles. The van der Waals surface area contributed by atoms with Crippen molar-refractivity contribution in [2.75, 3.05) is 23.8 Å². The molecule has 0 saturated carbocycles. The van der Waals surface area contributed by atoms with Crippen molar-refractivity contribution in [1.29, 1.82) is 0 Å². The van der Waals surface area contributed by atoms with Gasteiger partial charge in [-0.05, 0) is 0 Å². The van der Waals surface area contributed by atoms with Crippen LogP contribution in [0.4, 0.5) is 5.13 Å². The van der Waals surface area contributed by atoms with Crippen LogP contribution < -0.4 is 11.1 Å². The van der Waals surface area contributed by atoms with E-state index in [1.807, 2.05) is 11.8 Å². The summed E-state index contributed by atoms with van der Waals surface area (Å²) in [5.41, 5.74) is 5.50. The lowest BCUT2D eigenvalue weighted by Gasteiger charge is -2.20. The molecule has 0 radical (unpaired) electrons. The Kier molecular flexibility index (Phi) is 2.48. The Labute approximate surface area is 78.9 Å². The van der Waals surface area contributed by atoms with E-state index >= 15 is 0 Å². The smallest absolute Gasteiger partial charge is 0.203 e. The van der Waals surface area contributed by atoms with Gasteiger partial charge in [-0.3, -0.25) is 0 Å². The second-order valence-electron chi connectivity index (χ2n) is 2.56. The first-order chi connectivity index (χ1) is 5.86. The molecule has 12 heavy (non-hydrogen) atoms. The number of nitrogens with two attached hydrogens (primary N) is 1. The van der Waals surface area contributed by atoms with Gasteiger partial charge < -0.3 is 11.1 Å². The number of hydrogen-bond donors (Lipinski definition) is 2. The molecule has 4 nitrogen and oxygen atoms in total. The van der Waals surface area contributed by atoms with Crippen molar-refractivity contribution in [1.82, 2.24) is 15.5 Å². The van der Waals surface area contributed by atoms with E-state index in [4.69, 9.17) is 5.73 Å². The predicted molar refractivity (Wildman–Crippen MR) is 52.4 cm³/mol. The molecule has 1 aliphatic rings. The van der Waals surface area contributed by atoms with Crippen LogP contribution in [0.15, 0.2) is 0 Å². The monoisotopic (exact) mass is 202 g/mol. The van der Waals surface area contributed by atoms with Crippen LogP contribution in [0, 0.1) is 0 Å². The lowest BCUT2D eigenvalue weighted by Crippen LogP contribution is -2.30. The Hall–Kier alpha value is -0.330. The van der Waals surface area contributed by atoms with E-state index in [0.29, 0.717) is 11.2 Å². The van der Waals surface area contributed by atoms with Gasteiger partial charge in [0.05, 0.1) is 6.04 Å². The van der Waals surface area contributed by atoms with E-state index in [9.17, 15) is 0 Å². The van der Waals surface area contributed by atoms with Gasteiger partial charge in [-0.2, -0.15) is 11.8 Å². The fourth-order valence-electron chi connectivity index (χ4n) is 1.11. The van der Waals surface area contributed by atoms with Gasteiger partial charge in [-0.1, -0.05) is 11.3 Å². The Morgan fingerprint density at radius 3 is 3.00 bits per heavy atom. The Morgan fingerprint density at radius 2 is 2.42 bits per heavy atom. The largest absolute Gasteiger partial charge is 0.374 e. The molecule has 0 aromatic carbocycles. The minimum Gasteiger partial charge on any atom is -0.374 e. The molecule has 0 bridgehead atoms. The molecule has 3 N–H and O–H groups in total. The lowest BCUT2D eigenvalue weighted by atomic mass is 10.3. The van der Waals surface area contributed by atoms with E-state index in [0.717, 1.165) is 17.3 Å². The Balaban J connectivity index is 2.08. The third-order valence-corrected chi connectivity index (χ3v) is 3.60. The van der Waals surface area contributed by atoms with Gasteiger partial charge in [0.25, 0.3) is 0 Å². The van der Waals surface area contributed by atoms with Crippen molar-refractivity contribution >= 4 is 28.2 Å². The minimum atomic E-state index is 0.360. The summed E-state index contributed by atoms with van der Waals surface area (Å²) >= 11 is 3.42. The van der Waals surface area contributed by atoms with E-state index in [1.165, 1.54) is 17.1 Å². The van der Waals surface area contributed by atoms with Crippen LogP contribution in [0.2, 0.25) is 0 Å². The Morgan fingerprint density at radius 1 is 1.50 bits per heavy atom. The summed E-state index contributed by atoms with van der Waals surface area (Å²) in [6, 6.07) is 0.360. The molecule has 1 atom stereocenters. The number of rotatable bonds is 1. The van der Waals surface area contributed by atoms with Crippen molar-refractivity contribution in [2.45, 2.75) is 6.04 Å². The summed E-state index contributed by atoms with van der Waals surface area (Å²) in [6.45, 7) is 1.05. The highest BCUT2D eigenvalue weighted by Crippen LogP contribution is 2.24. The summed E-state index contributed by atoms with van der Waals surface area (Å²) in [7, 11) is 0. The van der Waals surface area contributed by atoms with Crippen molar-refractivity contribution in [3.05, 3.63) is 5.01 Å². The second-order valence-corrected chi connectivity index (χ2v) is 4.75. The predicted octanol–water partition coefficient (Wildman–Crippen LogP) is 0.498. The maximum Gasteiger partial charge on any atom is 0.203 e. The van der Waals surface area contributed by atoms with Crippen molar-refractivity contribution in [3.8, 4) is 0 Å². The highest BCUT2D eigenvalue weighted by atomic mass is 32.2. The molecule has 1 aromatic heterocycles. The molecule has 1 saturated heterocycles. The fraction of sp³-hybridized carbons (Fsp3) is 0.667. The first kappa shape index (κ1) is 8.28. The van der Waals surface area contributed by atoms with Gasteiger partial charge in [0.1, 0.15) is 5.01 Å². The summed E-state index contributed by atoms with van der Waals surface area (Å²) in [5.74, 6) is 2.26. The summed E-state index contributed by atoms with van der Waals surface area (Å²) in [5, 5.41) is 12.7. The molecule has 66 valence electrons. The highest BCUT2D eigenvalue weighted by molar-refractivity contribution is 7.99. The molecule has 0 spiro atoms. The number of nitrogens with one attached hydrogen (secondary N) is 1. The Bertz CT molecular complexity index is 256. The van der Waals surface area contributed by atoms with Crippen molar-refractivity contribution in [3.63, 3.8) is 0 Å². The number of aromatic nitrogens is 2. The zero-order valence-corrected chi connectivity index (χ0v) is 8.12. The number of anilines is 1. The van der Waals surface area contributed by atoms with Crippen LogP contribution in [-0.4, -0.2) is 28.2 Å². The molecule has 1 fully saturated rings. The van der Waals surface area contributed by atoms with Gasteiger partial charge in [-0.15, -0.1) is 10.2 Å². The average Bonchev–Trinajstić information content (AvgIpc) is 2.54. The molecule has 1 unspecified atom stereocenters. The molecular weight excluding hydrogens is 192 g/mol. The molecule has 0 aliphatic carbocycles. The van der Waals surface area contributed by atoms with E-state index in [1.54, 1.807) is 0 Å². The zero-order valence-electron chi connectivity index (χ0n) is 6.49. The van der Waals surface area contributed by atoms with Crippen LogP contribution in [0.5, 0.6) is 0 Å². The van der Waals surface area contributed by atoms with Crippen LogP contribution in [0.25, 0.3) is 0 Å². The molecule has 6 heteroatoms. The van der Waals surface area contributed by atoms with Gasteiger partial charge >= 0.3 is 0 Å². The topological polar surface area (TPSA) is 63.8 Å². The van der Waals surface area contributed by atoms with Gasteiger partial charge in [0.2, 0.25) is 5.13 Å². The van der Waals surface area contributed by atoms with Crippen molar-refractivity contribution < 1.29 is 0 Å². The standard InChI is InChI=1S/C6H10N4S2/c7-6-10-9-5(12-6)4-3-11-2-1-8-4/h4,8H,1-3H2,(H2,7,10). The molecular formula is C6H10N4S2. The van der Waals surface area contributed by atoms with Crippen LogP contribution in [0.3, 0.4) is 0 Å². The van der Waals surface area contributed by atoms with Crippen molar-refractivity contribution in [2.24, 2.45) is 0 Å². The average molecular weight is 202 g/mol. The molecule has 2 rings (SSSR count). The van der Waals surface area contributed by atoms with Gasteiger partial charge in [0.15, 0.2) is 0 Å². The fourth-order valence-corrected chi connectivity index (χ4v) is 2.84. The van der Waals surface area contributed by atoms with E-state index in [2.05, 4.69) is 15.5 Å². The van der Waals surface area contributed by atoms with E-state index in [-0.39, 0.29) is 0 Å². The van der Waals surface area contributed by atoms with Crippen LogP contribution in [-0.2, 0) is 0 Å². The second kappa shape index (κ2) is 3.59. The number of nitrogens with zero attached hydrogens (tertiary/aromatic N) is 2. The first-order valence-electron chi connectivity index (χ1n) is 3.76. The minimum absolute atomic E-state index is 0.360. The number of hydrogen-bond acceptors (Lipinski definition) is 6. The quantitative estimate of drug-likeness (QED) is 0.694. The summed E-state index contributed by atoms with van der Waals surface area (Å²) in [4.78, 5) is 0. The molecule has 2 heterocycles. The maximum atomic E-state index is 5.50. The number of thioether (sulfide) groups is 1. The van der Waals surface area contributed by atoms with Gasteiger partial charge in [-0.25, -0.2) is 0 Å². The molecule has 1 aromatic rings. The molecule has 0 amide bonds. The first-order valence-corrected chi connectivity index (χ1v) is 5.73. The number of nitrogen functional groups attached to an aromatic ring is 1. The zero-order chi connectivity index (χ0) is 8.39. The van der Waals surface area contributed by atoms with Crippen LogP contribution >= 0.6 is 23.1 Å². The highest BCUT2D eigenvalue weighted by Gasteiger charge is 2.18. The summed E-state index contributed by atoms with van der Waals surface area (Å²) in [6.07, 6.45) is 0.